The first-order valence-corrected chi connectivity index (χ1v) is 12.0. The quantitative estimate of drug-likeness (QED) is 0.573. The van der Waals surface area contributed by atoms with Crippen molar-refractivity contribution in [1.82, 2.24) is 10.2 Å². The molecule has 0 aliphatic heterocycles. The average Bonchev–Trinajstić information content (AvgIpc) is 3.13. The van der Waals surface area contributed by atoms with E-state index in [4.69, 9.17) is 4.74 Å². The molecule has 7 nitrogen and oxygen atoms in total. The van der Waals surface area contributed by atoms with Crippen molar-refractivity contribution in [3.63, 3.8) is 0 Å². The zero-order valence-corrected chi connectivity index (χ0v) is 19.8. The maximum atomic E-state index is 13.3. The van der Waals surface area contributed by atoms with Crippen LogP contribution >= 0.6 is 0 Å². The van der Waals surface area contributed by atoms with Crippen LogP contribution in [0.25, 0.3) is 11.1 Å². The lowest BCUT2D eigenvalue weighted by Gasteiger charge is -2.44. The minimum atomic E-state index is -1.03. The molecule has 4 rings (SSSR count). The largest absolute Gasteiger partial charge is 0.480 e. The molecule has 2 N–H and O–H groups in total. The van der Waals surface area contributed by atoms with Crippen molar-refractivity contribution in [1.29, 1.82) is 0 Å². The number of carboxylic acid groups (broad SMARTS) is 1. The smallest absolute Gasteiger partial charge is 0.407 e. The van der Waals surface area contributed by atoms with Gasteiger partial charge in [0.05, 0.1) is 5.41 Å². The van der Waals surface area contributed by atoms with Gasteiger partial charge in [-0.3, -0.25) is 9.59 Å². The zero-order chi connectivity index (χ0) is 24.3. The molecule has 1 atom stereocenters. The molecule has 2 aliphatic rings. The molecule has 2 aromatic carbocycles. The average molecular weight is 465 g/mol. The highest BCUT2D eigenvalue weighted by Gasteiger charge is 2.47. The maximum absolute atomic E-state index is 13.3. The first kappa shape index (κ1) is 23.8. The number of nitrogens with zero attached hydrogens (tertiary/aromatic N) is 1. The highest BCUT2D eigenvalue weighted by Crippen LogP contribution is 2.45. The first-order valence-electron chi connectivity index (χ1n) is 12.0. The van der Waals surface area contributed by atoms with E-state index in [-0.39, 0.29) is 37.6 Å². The van der Waals surface area contributed by atoms with Crippen molar-refractivity contribution in [2.75, 3.05) is 19.7 Å². The molecule has 0 spiro atoms. The van der Waals surface area contributed by atoms with Gasteiger partial charge in [-0.15, -0.1) is 0 Å². The summed E-state index contributed by atoms with van der Waals surface area (Å²) in [7, 11) is 0. The van der Waals surface area contributed by atoms with Gasteiger partial charge in [0.15, 0.2) is 0 Å². The Bertz CT molecular complexity index is 1030. The number of hydrogen-bond donors (Lipinski definition) is 2. The molecular weight excluding hydrogens is 432 g/mol. The summed E-state index contributed by atoms with van der Waals surface area (Å²) in [6, 6.07) is 16.1. The second kappa shape index (κ2) is 9.87. The predicted molar refractivity (Wildman–Crippen MR) is 128 cm³/mol. The zero-order valence-electron chi connectivity index (χ0n) is 19.8. The first-order chi connectivity index (χ1) is 16.4. The maximum Gasteiger partial charge on any atom is 0.407 e. The van der Waals surface area contributed by atoms with Crippen LogP contribution in [0.1, 0.15) is 56.6 Å². The van der Waals surface area contributed by atoms with Gasteiger partial charge in [-0.2, -0.15) is 0 Å². The lowest BCUT2D eigenvalue weighted by molar-refractivity contribution is -0.155. The molecule has 1 fully saturated rings. The van der Waals surface area contributed by atoms with E-state index >= 15 is 0 Å². The molecule has 0 radical (unpaired) electrons. The molecule has 2 aliphatic carbocycles. The lowest BCUT2D eigenvalue weighted by Crippen LogP contribution is -2.56. The summed E-state index contributed by atoms with van der Waals surface area (Å²) in [5, 5.41) is 12.1. The summed E-state index contributed by atoms with van der Waals surface area (Å²) < 4.78 is 5.61. The number of carbonyl (C=O) groups excluding carboxylic acids is 2. The number of rotatable bonds is 9. The molecule has 0 bridgehead atoms. The monoisotopic (exact) mass is 464 g/mol. The van der Waals surface area contributed by atoms with Gasteiger partial charge >= 0.3 is 12.1 Å². The Morgan fingerprint density at radius 1 is 1.09 bits per heavy atom. The van der Waals surface area contributed by atoms with Crippen LogP contribution in [-0.2, 0) is 14.3 Å². The summed E-state index contributed by atoms with van der Waals surface area (Å²) >= 11 is 0. The molecule has 1 unspecified atom stereocenters. The van der Waals surface area contributed by atoms with Crippen molar-refractivity contribution in [3.05, 3.63) is 59.7 Å². The van der Waals surface area contributed by atoms with Crippen molar-refractivity contribution >= 4 is 18.0 Å². The standard InChI is InChI=1S/C27H32N2O5/c1-3-18(2)29(15-24(30)31)25(32)27(13-8-14-27)17-28-26(33)34-16-23-21-11-6-4-9-19(21)20-10-5-7-12-22(20)23/h4-7,9-12,18,23H,3,8,13-17H2,1-2H3,(H,28,33)(H,30,31). The highest BCUT2D eigenvalue weighted by molar-refractivity contribution is 5.87. The van der Waals surface area contributed by atoms with Crippen molar-refractivity contribution < 1.29 is 24.2 Å². The van der Waals surface area contributed by atoms with Gasteiger partial charge in [-0.1, -0.05) is 61.9 Å². The van der Waals surface area contributed by atoms with Gasteiger partial charge < -0.3 is 20.1 Å². The molecule has 0 saturated heterocycles. The van der Waals surface area contributed by atoms with Crippen LogP contribution in [0.4, 0.5) is 4.79 Å². The van der Waals surface area contributed by atoms with Crippen LogP contribution in [0.2, 0.25) is 0 Å². The van der Waals surface area contributed by atoms with Gasteiger partial charge in [-0.05, 0) is 48.4 Å². The van der Waals surface area contributed by atoms with Crippen LogP contribution in [-0.4, -0.2) is 53.7 Å². The third-order valence-corrected chi connectivity index (χ3v) is 7.37. The van der Waals surface area contributed by atoms with Crippen LogP contribution in [0.3, 0.4) is 0 Å². The van der Waals surface area contributed by atoms with E-state index in [2.05, 4.69) is 29.6 Å². The van der Waals surface area contributed by atoms with E-state index in [0.29, 0.717) is 19.3 Å². The van der Waals surface area contributed by atoms with Crippen molar-refractivity contribution in [2.24, 2.45) is 5.41 Å². The number of ether oxygens (including phenoxy) is 1. The summed E-state index contributed by atoms with van der Waals surface area (Å²) in [5.41, 5.74) is 3.84. The number of fused-ring (bicyclic) bond motifs is 3. The third kappa shape index (κ3) is 4.52. The Labute approximate surface area is 200 Å². The van der Waals surface area contributed by atoms with E-state index in [1.165, 1.54) is 4.90 Å². The van der Waals surface area contributed by atoms with Crippen LogP contribution < -0.4 is 5.32 Å². The van der Waals surface area contributed by atoms with Gasteiger partial charge in [0.25, 0.3) is 0 Å². The molecule has 2 amide bonds. The Balaban J connectivity index is 1.39. The molecular formula is C27H32N2O5. The molecule has 0 aromatic heterocycles. The van der Waals surface area contributed by atoms with Crippen molar-refractivity contribution in [3.8, 4) is 11.1 Å². The summed E-state index contributed by atoms with van der Waals surface area (Å²) in [4.78, 5) is 38.7. The Morgan fingerprint density at radius 2 is 1.68 bits per heavy atom. The van der Waals surface area contributed by atoms with Gasteiger partial charge in [-0.25, -0.2) is 4.79 Å². The minimum absolute atomic E-state index is 0.0334. The molecule has 1 saturated carbocycles. The fraction of sp³-hybridized carbons (Fsp3) is 0.444. The van der Waals surface area contributed by atoms with E-state index in [0.717, 1.165) is 28.7 Å². The van der Waals surface area contributed by atoms with E-state index < -0.39 is 17.5 Å². The fourth-order valence-electron chi connectivity index (χ4n) is 5.06. The molecule has 2 aromatic rings. The number of carboxylic acids is 1. The number of carbonyl (C=O) groups is 3. The SMILES string of the molecule is CCC(C)N(CC(=O)O)C(=O)C1(CNC(=O)OCC2c3ccccc3-c3ccccc32)CCC1. The summed E-state index contributed by atoms with van der Waals surface area (Å²) in [6.45, 7) is 3.80. The number of alkyl carbamates (subject to hydrolysis) is 1. The van der Waals surface area contributed by atoms with Crippen LogP contribution in [0, 0.1) is 5.41 Å². The molecule has 34 heavy (non-hydrogen) atoms. The summed E-state index contributed by atoms with van der Waals surface area (Å²) in [5.74, 6) is -1.27. The number of amides is 2. The second-order valence-corrected chi connectivity index (χ2v) is 9.40. The van der Waals surface area contributed by atoms with Gasteiger partial charge in [0.2, 0.25) is 5.91 Å². The molecule has 0 heterocycles. The van der Waals surface area contributed by atoms with Crippen LogP contribution in [0.15, 0.2) is 48.5 Å². The van der Waals surface area contributed by atoms with Gasteiger partial charge in [0, 0.05) is 18.5 Å². The van der Waals surface area contributed by atoms with Crippen LogP contribution in [0.5, 0.6) is 0 Å². The number of benzene rings is 2. The van der Waals surface area contributed by atoms with E-state index in [1.807, 2.05) is 38.1 Å². The predicted octanol–water partition coefficient (Wildman–Crippen LogP) is 4.41. The number of nitrogens with one attached hydrogen (secondary N) is 1. The van der Waals surface area contributed by atoms with Crippen molar-refractivity contribution in [2.45, 2.75) is 51.5 Å². The van der Waals surface area contributed by atoms with E-state index in [1.54, 1.807) is 0 Å². The minimum Gasteiger partial charge on any atom is -0.480 e. The highest BCUT2D eigenvalue weighted by atomic mass is 16.5. The Hall–Kier alpha value is -3.35. The summed E-state index contributed by atoms with van der Waals surface area (Å²) in [6.07, 6.45) is 2.23. The second-order valence-electron chi connectivity index (χ2n) is 9.40. The number of hydrogen-bond acceptors (Lipinski definition) is 4. The Morgan fingerprint density at radius 3 is 2.18 bits per heavy atom. The Kier molecular flexibility index (Phi) is 6.91. The lowest BCUT2D eigenvalue weighted by atomic mass is 9.67. The topological polar surface area (TPSA) is 95.9 Å². The van der Waals surface area contributed by atoms with Gasteiger partial charge in [0.1, 0.15) is 13.2 Å². The third-order valence-electron chi connectivity index (χ3n) is 7.37. The molecule has 180 valence electrons. The van der Waals surface area contributed by atoms with E-state index in [9.17, 15) is 19.5 Å². The number of aliphatic carboxylic acids is 1. The normalized spacial score (nSPS) is 16.5. The molecule has 7 heteroatoms. The fourth-order valence-corrected chi connectivity index (χ4v) is 5.06.